The summed E-state index contributed by atoms with van der Waals surface area (Å²) in [5.41, 5.74) is 0.531. The zero-order chi connectivity index (χ0) is 19.4. The standard InChI is InChI=1S/C19H18FNO5S/c20-15-6-4-5-14(11-15)19(23)26-12-18(22)21(16-7-2-1-3-8-16)17-9-10-27(24,25)13-17/h1-8,11,17H,9-10,12-13H2/t17-/m1/s1. The van der Waals surface area contributed by atoms with Crippen LogP contribution < -0.4 is 4.90 Å². The number of hydrogen-bond acceptors (Lipinski definition) is 5. The minimum absolute atomic E-state index is 0.00231. The SMILES string of the molecule is O=C(OCC(=O)N(c1ccccc1)[C@@H]1CCS(=O)(=O)C1)c1cccc(F)c1. The fourth-order valence-electron chi connectivity index (χ4n) is 3.02. The lowest BCUT2D eigenvalue weighted by Gasteiger charge is -2.28. The van der Waals surface area contributed by atoms with Gasteiger partial charge in [-0.15, -0.1) is 0 Å². The Morgan fingerprint density at radius 3 is 2.48 bits per heavy atom. The Morgan fingerprint density at radius 1 is 1.11 bits per heavy atom. The third-order valence-corrected chi connectivity index (χ3v) is 6.01. The number of halogens is 1. The molecule has 142 valence electrons. The molecular formula is C19H18FNO5S. The summed E-state index contributed by atoms with van der Waals surface area (Å²) in [5.74, 6) is -2.07. The van der Waals surface area contributed by atoms with E-state index in [1.165, 1.54) is 23.1 Å². The predicted molar refractivity (Wildman–Crippen MR) is 97.7 cm³/mol. The molecule has 27 heavy (non-hydrogen) atoms. The summed E-state index contributed by atoms with van der Waals surface area (Å²) in [4.78, 5) is 26.1. The zero-order valence-electron chi connectivity index (χ0n) is 14.4. The summed E-state index contributed by atoms with van der Waals surface area (Å²) >= 11 is 0. The highest BCUT2D eigenvalue weighted by Gasteiger charge is 2.35. The van der Waals surface area contributed by atoms with E-state index in [9.17, 15) is 22.4 Å². The van der Waals surface area contributed by atoms with Crippen molar-refractivity contribution in [3.63, 3.8) is 0 Å². The molecule has 0 aromatic heterocycles. The number of esters is 1. The Morgan fingerprint density at radius 2 is 1.85 bits per heavy atom. The van der Waals surface area contributed by atoms with Crippen LogP contribution in [-0.4, -0.2) is 44.4 Å². The molecule has 2 aromatic carbocycles. The van der Waals surface area contributed by atoms with Crippen LogP contribution in [0.3, 0.4) is 0 Å². The average molecular weight is 391 g/mol. The van der Waals surface area contributed by atoms with Crippen LogP contribution in [0, 0.1) is 5.82 Å². The fourth-order valence-corrected chi connectivity index (χ4v) is 4.72. The van der Waals surface area contributed by atoms with Gasteiger partial charge in [-0.05, 0) is 36.8 Å². The summed E-state index contributed by atoms with van der Waals surface area (Å²) in [7, 11) is -3.20. The van der Waals surface area contributed by atoms with Gasteiger partial charge in [-0.1, -0.05) is 24.3 Å². The van der Waals surface area contributed by atoms with E-state index in [2.05, 4.69) is 0 Å². The molecule has 0 saturated carbocycles. The van der Waals surface area contributed by atoms with Gasteiger partial charge in [0.25, 0.3) is 5.91 Å². The van der Waals surface area contributed by atoms with Crippen molar-refractivity contribution in [3.05, 3.63) is 66.0 Å². The lowest BCUT2D eigenvalue weighted by molar-refractivity contribution is -0.122. The summed E-state index contributed by atoms with van der Waals surface area (Å²) in [6.45, 7) is -0.569. The lowest BCUT2D eigenvalue weighted by atomic mass is 10.2. The number of carbonyl (C=O) groups excluding carboxylic acids is 2. The first kappa shape index (κ1) is 19.0. The van der Waals surface area contributed by atoms with Crippen LogP contribution in [0.5, 0.6) is 0 Å². The molecule has 0 bridgehead atoms. The Bertz CT molecular complexity index is 946. The van der Waals surface area contributed by atoms with E-state index in [1.54, 1.807) is 30.3 Å². The van der Waals surface area contributed by atoms with E-state index >= 15 is 0 Å². The summed E-state index contributed by atoms with van der Waals surface area (Å²) in [6, 6.07) is 13.1. The van der Waals surface area contributed by atoms with Crippen molar-refractivity contribution in [1.29, 1.82) is 0 Å². The molecule has 1 heterocycles. The Labute approximate surface area is 156 Å². The van der Waals surface area contributed by atoms with Gasteiger partial charge >= 0.3 is 5.97 Å². The Balaban J connectivity index is 1.74. The number of hydrogen-bond donors (Lipinski definition) is 0. The van der Waals surface area contributed by atoms with E-state index < -0.39 is 40.2 Å². The molecule has 0 spiro atoms. The molecule has 1 atom stereocenters. The Kier molecular flexibility index (Phi) is 5.55. The number of amides is 1. The second-order valence-electron chi connectivity index (χ2n) is 6.24. The van der Waals surface area contributed by atoms with Crippen molar-refractivity contribution in [2.45, 2.75) is 12.5 Å². The molecule has 0 N–H and O–H groups in total. The van der Waals surface area contributed by atoms with Gasteiger partial charge in [0.05, 0.1) is 23.1 Å². The first-order chi connectivity index (χ1) is 12.9. The topological polar surface area (TPSA) is 80.8 Å². The van der Waals surface area contributed by atoms with Crippen LogP contribution in [0.25, 0.3) is 0 Å². The third kappa shape index (κ3) is 4.71. The average Bonchev–Trinajstić information content (AvgIpc) is 3.00. The zero-order valence-corrected chi connectivity index (χ0v) is 15.2. The van der Waals surface area contributed by atoms with Gasteiger partial charge in [0, 0.05) is 5.69 Å². The molecule has 1 amide bonds. The van der Waals surface area contributed by atoms with Gasteiger partial charge in [0.2, 0.25) is 0 Å². The number of sulfone groups is 1. The van der Waals surface area contributed by atoms with Crippen molar-refractivity contribution in [2.24, 2.45) is 0 Å². The van der Waals surface area contributed by atoms with Crippen LogP contribution in [0.2, 0.25) is 0 Å². The second kappa shape index (κ2) is 7.87. The van der Waals surface area contributed by atoms with Crippen LogP contribution >= 0.6 is 0 Å². The quantitative estimate of drug-likeness (QED) is 0.730. The minimum Gasteiger partial charge on any atom is -0.452 e. The number of rotatable bonds is 5. The maximum absolute atomic E-state index is 13.2. The van der Waals surface area contributed by atoms with Crippen molar-refractivity contribution < 1.29 is 27.1 Å². The van der Waals surface area contributed by atoms with E-state index in [0.717, 1.165) is 6.07 Å². The number of ether oxygens (including phenoxy) is 1. The van der Waals surface area contributed by atoms with Crippen molar-refractivity contribution in [1.82, 2.24) is 0 Å². The second-order valence-corrected chi connectivity index (χ2v) is 8.47. The van der Waals surface area contributed by atoms with Crippen LogP contribution in [0.15, 0.2) is 54.6 Å². The van der Waals surface area contributed by atoms with Gasteiger partial charge < -0.3 is 9.64 Å². The maximum atomic E-state index is 13.2. The van der Waals surface area contributed by atoms with Crippen molar-refractivity contribution in [3.8, 4) is 0 Å². The van der Waals surface area contributed by atoms with Crippen molar-refractivity contribution in [2.75, 3.05) is 23.0 Å². The molecule has 0 radical (unpaired) electrons. The molecule has 0 unspecified atom stereocenters. The van der Waals surface area contributed by atoms with Gasteiger partial charge in [-0.25, -0.2) is 17.6 Å². The monoisotopic (exact) mass is 391 g/mol. The lowest BCUT2D eigenvalue weighted by Crippen LogP contribution is -2.43. The number of nitrogens with zero attached hydrogens (tertiary/aromatic N) is 1. The smallest absolute Gasteiger partial charge is 0.338 e. The minimum atomic E-state index is -3.20. The number of benzene rings is 2. The molecular weight excluding hydrogens is 373 g/mol. The Hall–Kier alpha value is -2.74. The van der Waals surface area contributed by atoms with E-state index in [0.29, 0.717) is 12.1 Å². The van der Waals surface area contributed by atoms with Crippen LogP contribution in [-0.2, 0) is 19.4 Å². The molecule has 3 rings (SSSR count). The normalized spacial score (nSPS) is 18.0. The highest BCUT2D eigenvalue weighted by Crippen LogP contribution is 2.24. The fraction of sp³-hybridized carbons (Fsp3) is 0.263. The van der Waals surface area contributed by atoms with Gasteiger partial charge in [-0.2, -0.15) is 0 Å². The van der Waals surface area contributed by atoms with Crippen LogP contribution in [0.4, 0.5) is 10.1 Å². The molecule has 1 saturated heterocycles. The first-order valence-electron chi connectivity index (χ1n) is 8.36. The predicted octanol–water partition coefficient (Wildman–Crippen LogP) is 2.20. The highest BCUT2D eigenvalue weighted by molar-refractivity contribution is 7.91. The van der Waals surface area contributed by atoms with E-state index in [1.807, 2.05) is 0 Å². The number of para-hydroxylation sites is 1. The largest absolute Gasteiger partial charge is 0.452 e. The number of carbonyl (C=O) groups is 2. The molecule has 1 aliphatic rings. The molecule has 1 aliphatic heterocycles. The van der Waals surface area contributed by atoms with Crippen molar-refractivity contribution >= 4 is 27.4 Å². The molecule has 2 aromatic rings. The molecule has 1 fully saturated rings. The first-order valence-corrected chi connectivity index (χ1v) is 10.2. The molecule has 0 aliphatic carbocycles. The summed E-state index contributed by atoms with van der Waals surface area (Å²) in [6.07, 6.45) is 0.320. The van der Waals surface area contributed by atoms with Gasteiger partial charge in [0.15, 0.2) is 16.4 Å². The third-order valence-electron chi connectivity index (χ3n) is 4.26. The van der Waals surface area contributed by atoms with Gasteiger partial charge in [-0.3, -0.25) is 4.79 Å². The number of anilines is 1. The summed E-state index contributed by atoms with van der Waals surface area (Å²) < 4.78 is 41.9. The summed E-state index contributed by atoms with van der Waals surface area (Å²) in [5, 5.41) is 0. The van der Waals surface area contributed by atoms with E-state index in [4.69, 9.17) is 4.74 Å². The molecule has 8 heteroatoms. The van der Waals surface area contributed by atoms with Gasteiger partial charge in [0.1, 0.15) is 5.82 Å². The molecule has 6 nitrogen and oxygen atoms in total. The van der Waals surface area contributed by atoms with Crippen LogP contribution in [0.1, 0.15) is 16.8 Å². The maximum Gasteiger partial charge on any atom is 0.338 e. The van der Waals surface area contributed by atoms with E-state index in [-0.39, 0.29) is 17.1 Å². The highest BCUT2D eigenvalue weighted by atomic mass is 32.2.